The summed E-state index contributed by atoms with van der Waals surface area (Å²) in [5, 5.41) is 6.03. The maximum absolute atomic E-state index is 12.6. The van der Waals surface area contributed by atoms with Gasteiger partial charge in [-0.3, -0.25) is 4.79 Å². The lowest BCUT2D eigenvalue weighted by molar-refractivity contribution is -0.365. The third-order valence-corrected chi connectivity index (χ3v) is 4.63. The van der Waals surface area contributed by atoms with Gasteiger partial charge in [0.15, 0.2) is 0 Å². The third-order valence-electron chi connectivity index (χ3n) is 4.63. The first-order valence-electron chi connectivity index (χ1n) is 9.97. The monoisotopic (exact) mass is 425 g/mol. The molecule has 2 aromatic heterocycles. The van der Waals surface area contributed by atoms with Crippen LogP contribution in [0.3, 0.4) is 0 Å². The van der Waals surface area contributed by atoms with Gasteiger partial charge >= 0.3 is 6.09 Å². The van der Waals surface area contributed by atoms with Gasteiger partial charge in [0.25, 0.3) is 5.91 Å². The number of aromatic amines is 1. The molecular formula is C21H25N6O4+. The summed E-state index contributed by atoms with van der Waals surface area (Å²) >= 11 is 0. The summed E-state index contributed by atoms with van der Waals surface area (Å²) in [6.07, 6.45) is 4.22. The van der Waals surface area contributed by atoms with Crippen molar-refractivity contribution >= 4 is 40.4 Å². The number of nitrogens with zero attached hydrogens (tertiary/aromatic N) is 3. The summed E-state index contributed by atoms with van der Waals surface area (Å²) in [5.74, 6) is 1.64. The van der Waals surface area contributed by atoms with Crippen molar-refractivity contribution in [3.63, 3.8) is 0 Å². The summed E-state index contributed by atoms with van der Waals surface area (Å²) < 4.78 is 12.3. The molecule has 0 radical (unpaired) electrons. The van der Waals surface area contributed by atoms with Gasteiger partial charge < -0.3 is 14.8 Å². The van der Waals surface area contributed by atoms with E-state index < -0.39 is 11.7 Å². The highest BCUT2D eigenvalue weighted by molar-refractivity contribution is 5.93. The number of hydrogen-bond acceptors (Lipinski definition) is 7. The van der Waals surface area contributed by atoms with Gasteiger partial charge in [0, 0.05) is 6.07 Å². The van der Waals surface area contributed by atoms with Crippen LogP contribution in [0.2, 0.25) is 0 Å². The summed E-state index contributed by atoms with van der Waals surface area (Å²) in [6.45, 7) is 5.41. The van der Waals surface area contributed by atoms with E-state index in [2.05, 4.69) is 25.6 Å². The molecule has 10 nitrogen and oxygen atoms in total. The quantitative estimate of drug-likeness (QED) is 0.644. The number of H-pyrrole nitrogens is 1. The van der Waals surface area contributed by atoms with Crippen molar-refractivity contribution in [3.8, 4) is 5.75 Å². The van der Waals surface area contributed by atoms with E-state index in [0.29, 0.717) is 34.1 Å². The lowest BCUT2D eigenvalue weighted by atomic mass is 10.2. The summed E-state index contributed by atoms with van der Waals surface area (Å²) in [7, 11) is 1.55. The Balaban J connectivity index is 1.63. The van der Waals surface area contributed by atoms with Crippen LogP contribution in [0.1, 0.15) is 33.6 Å². The maximum atomic E-state index is 12.6. The number of nitrogens with one attached hydrogen (secondary N) is 3. The molecule has 1 aliphatic rings. The van der Waals surface area contributed by atoms with Crippen molar-refractivity contribution in [2.24, 2.45) is 5.92 Å². The first kappa shape index (κ1) is 20.6. The van der Waals surface area contributed by atoms with Crippen LogP contribution in [0.25, 0.3) is 11.0 Å². The molecule has 3 N–H and O–H groups in total. The number of ether oxygens (including phenoxy) is 2. The lowest BCUT2D eigenvalue weighted by Crippen LogP contribution is -2.26. The second-order valence-electron chi connectivity index (χ2n) is 8.37. The van der Waals surface area contributed by atoms with Crippen molar-refractivity contribution in [1.29, 1.82) is 0 Å². The van der Waals surface area contributed by atoms with Crippen molar-refractivity contribution in [1.82, 2.24) is 14.5 Å². The highest BCUT2D eigenvalue weighted by atomic mass is 16.6. The molecule has 1 aromatic carbocycles. The second kappa shape index (κ2) is 7.86. The zero-order valence-electron chi connectivity index (χ0n) is 17.9. The minimum Gasteiger partial charge on any atom is -0.494 e. The molecule has 10 heteroatoms. The predicted octanol–water partition coefficient (Wildman–Crippen LogP) is 3.13. The Hall–Kier alpha value is -3.69. The van der Waals surface area contributed by atoms with Crippen molar-refractivity contribution in [2.45, 2.75) is 39.2 Å². The number of carbonyl (C=O) groups excluding carboxylic acids is 2. The van der Waals surface area contributed by atoms with Crippen LogP contribution in [0.4, 0.5) is 22.1 Å². The van der Waals surface area contributed by atoms with Gasteiger partial charge in [0.2, 0.25) is 18.0 Å². The number of rotatable bonds is 5. The van der Waals surface area contributed by atoms with Gasteiger partial charge in [0.1, 0.15) is 17.7 Å². The Kier molecular flexibility index (Phi) is 5.22. The third kappa shape index (κ3) is 4.73. The molecule has 0 atom stereocenters. The summed E-state index contributed by atoms with van der Waals surface area (Å²) in [5.41, 5.74) is 1.09. The van der Waals surface area contributed by atoms with Gasteiger partial charge in [0.05, 0.1) is 35.8 Å². The molecule has 1 saturated carbocycles. The van der Waals surface area contributed by atoms with Gasteiger partial charge in [-0.05, 0) is 39.7 Å². The summed E-state index contributed by atoms with van der Waals surface area (Å²) in [6, 6.07) is 5.16. The molecule has 1 aliphatic carbocycles. The largest absolute Gasteiger partial charge is 0.494 e. The SMILES string of the molecule is COc1cc2ncn(C(=O)OC(C)(C)C)c2cc1Nc1cc(NC(=O)C2CC2)[nH+]cn1. The van der Waals surface area contributed by atoms with Crippen molar-refractivity contribution < 1.29 is 24.0 Å². The maximum Gasteiger partial charge on any atom is 0.420 e. The molecule has 0 unspecified atom stereocenters. The minimum atomic E-state index is -0.632. The first-order chi connectivity index (χ1) is 14.7. The number of benzene rings is 1. The standard InChI is InChI=1S/C21H24N6O4/c1-21(2,3)31-20(29)27-11-24-13-8-16(30-4)14(7-15(13)27)25-17-9-18(23-10-22-17)26-19(28)12-5-6-12/h7-12H,5-6H2,1-4H3,(H2,22,23,25,26,28)/p+1. The molecule has 162 valence electrons. The van der Waals surface area contributed by atoms with Crippen LogP contribution in [0.5, 0.6) is 5.75 Å². The number of anilines is 3. The smallest absolute Gasteiger partial charge is 0.420 e. The average Bonchev–Trinajstić information content (AvgIpc) is 3.47. The number of hydrogen-bond donors (Lipinski definition) is 2. The van der Waals surface area contributed by atoms with E-state index in [4.69, 9.17) is 9.47 Å². The van der Waals surface area contributed by atoms with Gasteiger partial charge in [-0.2, -0.15) is 0 Å². The molecule has 1 amide bonds. The molecule has 0 aliphatic heterocycles. The zero-order chi connectivity index (χ0) is 22.2. The first-order valence-corrected chi connectivity index (χ1v) is 9.97. The predicted molar refractivity (Wildman–Crippen MR) is 113 cm³/mol. The molecular weight excluding hydrogens is 400 g/mol. The fourth-order valence-electron chi connectivity index (χ4n) is 3.01. The van der Waals surface area contributed by atoms with E-state index in [1.165, 1.54) is 17.2 Å². The minimum absolute atomic E-state index is 0.00587. The van der Waals surface area contributed by atoms with Crippen LogP contribution in [0.15, 0.2) is 30.9 Å². The number of fused-ring (bicyclic) bond motifs is 1. The Morgan fingerprint density at radius 2 is 1.97 bits per heavy atom. The van der Waals surface area contributed by atoms with E-state index in [1.807, 2.05) is 0 Å². The Morgan fingerprint density at radius 1 is 1.19 bits per heavy atom. The van der Waals surface area contributed by atoms with Crippen molar-refractivity contribution in [2.75, 3.05) is 17.7 Å². The molecule has 2 heterocycles. The van der Waals surface area contributed by atoms with Crippen LogP contribution >= 0.6 is 0 Å². The molecule has 3 aromatic rings. The van der Waals surface area contributed by atoms with Crippen LogP contribution < -0.4 is 20.4 Å². The van der Waals surface area contributed by atoms with E-state index in [9.17, 15) is 9.59 Å². The number of amides is 1. The van der Waals surface area contributed by atoms with Crippen molar-refractivity contribution in [3.05, 3.63) is 30.9 Å². The fourth-order valence-corrected chi connectivity index (χ4v) is 3.01. The fraction of sp³-hybridized carbons (Fsp3) is 0.381. The highest BCUT2D eigenvalue weighted by Crippen LogP contribution is 2.33. The Labute approximate surface area is 179 Å². The van der Waals surface area contributed by atoms with Crippen LogP contribution in [0, 0.1) is 5.92 Å². The number of imidazole rings is 1. The zero-order valence-corrected chi connectivity index (χ0v) is 17.9. The Morgan fingerprint density at radius 3 is 2.65 bits per heavy atom. The van der Waals surface area contributed by atoms with E-state index >= 15 is 0 Å². The van der Waals surface area contributed by atoms with Gasteiger partial charge in [-0.15, -0.1) is 0 Å². The molecule has 1 fully saturated rings. The number of methoxy groups -OCH3 is 1. The molecule has 0 bridgehead atoms. The van der Waals surface area contributed by atoms with E-state index in [1.54, 1.807) is 46.1 Å². The number of carbonyl (C=O) groups is 2. The van der Waals surface area contributed by atoms with E-state index in [0.717, 1.165) is 12.8 Å². The van der Waals surface area contributed by atoms with E-state index in [-0.39, 0.29) is 11.8 Å². The van der Waals surface area contributed by atoms with Crippen LogP contribution in [-0.4, -0.2) is 39.2 Å². The molecule has 4 rings (SSSR count). The lowest BCUT2D eigenvalue weighted by Gasteiger charge is -2.19. The summed E-state index contributed by atoms with van der Waals surface area (Å²) in [4.78, 5) is 36.0. The normalized spacial score (nSPS) is 13.7. The molecule has 31 heavy (non-hydrogen) atoms. The number of aromatic nitrogens is 4. The molecule has 0 saturated heterocycles. The molecule has 0 spiro atoms. The highest BCUT2D eigenvalue weighted by Gasteiger charge is 2.32. The Bertz CT molecular complexity index is 1150. The van der Waals surface area contributed by atoms with Crippen LogP contribution in [-0.2, 0) is 9.53 Å². The topological polar surface area (TPSA) is 122 Å². The van der Waals surface area contributed by atoms with Gasteiger partial charge in [-0.25, -0.2) is 24.6 Å². The van der Waals surface area contributed by atoms with Gasteiger partial charge in [-0.1, -0.05) is 4.98 Å². The second-order valence-corrected chi connectivity index (χ2v) is 8.37. The average molecular weight is 425 g/mol.